The fourth-order valence-corrected chi connectivity index (χ4v) is 3.91. The van der Waals surface area contributed by atoms with Crippen molar-refractivity contribution in [1.29, 1.82) is 0 Å². The minimum Gasteiger partial charge on any atom is -0.333 e. The van der Waals surface area contributed by atoms with Gasteiger partial charge in [0.1, 0.15) is 4.90 Å². The minimum absolute atomic E-state index is 0.270. The van der Waals surface area contributed by atoms with Crippen molar-refractivity contribution < 1.29 is 8.42 Å². The Hall–Kier alpha value is -1.01. The third-order valence-electron chi connectivity index (χ3n) is 2.74. The summed E-state index contributed by atoms with van der Waals surface area (Å²) in [6.45, 7) is 8.07. The Morgan fingerprint density at radius 2 is 1.89 bits per heavy atom. The van der Waals surface area contributed by atoms with Crippen LogP contribution in [0.1, 0.15) is 39.2 Å². The average molecular weight is 298 g/mol. The maximum atomic E-state index is 12.2. The Bertz CT molecular complexity index is 620. The number of hydrogen-bond donors (Lipinski definition) is 1. The summed E-state index contributed by atoms with van der Waals surface area (Å²) in [5.74, 6) is 0.288. The Morgan fingerprint density at radius 1 is 1.21 bits per heavy atom. The van der Waals surface area contributed by atoms with Crippen molar-refractivity contribution in [2.24, 2.45) is 4.40 Å². The number of benzene rings is 1. The highest BCUT2D eigenvalue weighted by Crippen LogP contribution is 2.32. The number of hydrogen-bond acceptors (Lipinski definition) is 4. The van der Waals surface area contributed by atoms with Crippen LogP contribution in [0.15, 0.2) is 27.5 Å². The smallest absolute Gasteiger partial charge is 0.286 e. The van der Waals surface area contributed by atoms with Crippen LogP contribution in [0.2, 0.25) is 0 Å². The van der Waals surface area contributed by atoms with Gasteiger partial charge in [0, 0.05) is 5.25 Å². The number of thioether (sulfide) groups is 1. The predicted molar refractivity (Wildman–Crippen MR) is 81.5 cm³/mol. The summed E-state index contributed by atoms with van der Waals surface area (Å²) in [6.07, 6.45) is 0. The molecule has 0 radical (unpaired) electrons. The van der Waals surface area contributed by atoms with Gasteiger partial charge in [-0.05, 0) is 23.6 Å². The molecule has 1 aromatic carbocycles. The van der Waals surface area contributed by atoms with Gasteiger partial charge in [-0.2, -0.15) is 8.42 Å². The van der Waals surface area contributed by atoms with Gasteiger partial charge < -0.3 is 5.32 Å². The molecule has 6 heteroatoms. The van der Waals surface area contributed by atoms with Gasteiger partial charge in [0.2, 0.25) is 0 Å². The molecule has 0 atom stereocenters. The van der Waals surface area contributed by atoms with E-state index in [1.807, 2.05) is 39.8 Å². The summed E-state index contributed by atoms with van der Waals surface area (Å²) in [7, 11) is -3.59. The molecule has 1 heterocycles. The number of fused-ring (bicyclic) bond motifs is 1. The fourth-order valence-electron chi connectivity index (χ4n) is 1.79. The zero-order valence-electron chi connectivity index (χ0n) is 11.5. The third kappa shape index (κ3) is 3.12. The summed E-state index contributed by atoms with van der Waals surface area (Å²) in [5.41, 5.74) is 1.61. The van der Waals surface area contributed by atoms with Crippen LogP contribution >= 0.6 is 11.8 Å². The van der Waals surface area contributed by atoms with Crippen LogP contribution in [0.25, 0.3) is 0 Å². The zero-order chi connectivity index (χ0) is 14.2. The van der Waals surface area contributed by atoms with Crippen LogP contribution in [-0.4, -0.2) is 18.8 Å². The SMILES string of the molecule is CC(C)SC1=NS(=O)(=O)c2cc(C(C)C)ccc2N1. The van der Waals surface area contributed by atoms with Gasteiger partial charge >= 0.3 is 0 Å². The molecule has 0 saturated heterocycles. The van der Waals surface area contributed by atoms with E-state index < -0.39 is 10.0 Å². The first-order valence-electron chi connectivity index (χ1n) is 6.22. The van der Waals surface area contributed by atoms with E-state index in [1.54, 1.807) is 6.07 Å². The van der Waals surface area contributed by atoms with E-state index in [1.165, 1.54) is 11.8 Å². The topological polar surface area (TPSA) is 58.5 Å². The number of amidine groups is 1. The first-order chi connectivity index (χ1) is 8.79. The van der Waals surface area contributed by atoms with Crippen LogP contribution < -0.4 is 5.32 Å². The molecule has 1 aliphatic heterocycles. The Kier molecular flexibility index (Phi) is 3.92. The van der Waals surface area contributed by atoms with Gasteiger partial charge in [-0.25, -0.2) is 0 Å². The van der Waals surface area contributed by atoms with Crippen LogP contribution in [0.3, 0.4) is 0 Å². The number of nitrogens with zero attached hydrogens (tertiary/aromatic N) is 1. The molecule has 2 rings (SSSR count). The van der Waals surface area contributed by atoms with Gasteiger partial charge in [-0.1, -0.05) is 45.5 Å². The normalized spacial score (nSPS) is 17.1. The number of nitrogens with one attached hydrogen (secondary N) is 1. The van der Waals surface area contributed by atoms with E-state index in [2.05, 4.69) is 9.71 Å². The molecule has 0 saturated carbocycles. The van der Waals surface area contributed by atoms with Crippen molar-refractivity contribution in [3.63, 3.8) is 0 Å². The van der Waals surface area contributed by atoms with Crippen molar-refractivity contribution in [2.75, 3.05) is 5.32 Å². The largest absolute Gasteiger partial charge is 0.333 e. The Labute approximate surface area is 118 Å². The molecule has 0 bridgehead atoms. The van der Waals surface area contributed by atoms with Crippen molar-refractivity contribution in [2.45, 2.75) is 43.8 Å². The standard InChI is InChI=1S/C13H18N2O2S2/c1-8(2)10-5-6-11-12(7-10)19(16,17)15-13(14-11)18-9(3)4/h5-9H,1-4H3,(H,14,15). The molecular weight excluding hydrogens is 280 g/mol. The highest BCUT2D eigenvalue weighted by molar-refractivity contribution is 8.15. The highest BCUT2D eigenvalue weighted by Gasteiger charge is 2.26. The molecule has 0 amide bonds. The highest BCUT2D eigenvalue weighted by atomic mass is 32.2. The van der Waals surface area contributed by atoms with Crippen molar-refractivity contribution in [3.05, 3.63) is 23.8 Å². The number of anilines is 1. The van der Waals surface area contributed by atoms with Crippen molar-refractivity contribution >= 4 is 32.6 Å². The van der Waals surface area contributed by atoms with E-state index >= 15 is 0 Å². The Morgan fingerprint density at radius 3 is 2.47 bits per heavy atom. The summed E-state index contributed by atoms with van der Waals surface area (Å²) in [4.78, 5) is 0.270. The molecule has 0 spiro atoms. The molecule has 1 aromatic rings. The fraction of sp³-hybridized carbons (Fsp3) is 0.462. The second-order valence-corrected chi connectivity index (χ2v) is 8.21. The third-order valence-corrected chi connectivity index (χ3v) is 5.06. The predicted octanol–water partition coefficient (Wildman–Crippen LogP) is 3.42. The maximum absolute atomic E-state index is 12.2. The molecular formula is C13H18N2O2S2. The lowest BCUT2D eigenvalue weighted by Crippen LogP contribution is -2.20. The summed E-state index contributed by atoms with van der Waals surface area (Å²) in [5, 5.41) is 3.80. The molecule has 0 fully saturated rings. The molecule has 19 heavy (non-hydrogen) atoms. The van der Waals surface area contributed by atoms with Crippen LogP contribution in [0.4, 0.5) is 5.69 Å². The van der Waals surface area contributed by atoms with Crippen LogP contribution in [0, 0.1) is 0 Å². The van der Waals surface area contributed by atoms with Crippen LogP contribution in [-0.2, 0) is 10.0 Å². The van der Waals surface area contributed by atoms with E-state index in [9.17, 15) is 8.42 Å². The quantitative estimate of drug-likeness (QED) is 0.909. The second kappa shape index (κ2) is 5.17. The molecule has 104 valence electrons. The number of rotatable bonds is 2. The lowest BCUT2D eigenvalue weighted by atomic mass is 10.0. The van der Waals surface area contributed by atoms with Gasteiger partial charge in [-0.3, -0.25) is 0 Å². The summed E-state index contributed by atoms with van der Waals surface area (Å²) < 4.78 is 28.2. The van der Waals surface area contributed by atoms with E-state index in [0.717, 1.165) is 5.56 Å². The van der Waals surface area contributed by atoms with Gasteiger partial charge in [-0.15, -0.1) is 4.40 Å². The van der Waals surface area contributed by atoms with Gasteiger partial charge in [0.25, 0.3) is 10.0 Å². The monoisotopic (exact) mass is 298 g/mol. The minimum atomic E-state index is -3.59. The van der Waals surface area contributed by atoms with E-state index in [-0.39, 0.29) is 16.1 Å². The maximum Gasteiger partial charge on any atom is 0.286 e. The average Bonchev–Trinajstić information content (AvgIpc) is 2.26. The summed E-state index contributed by atoms with van der Waals surface area (Å²) in [6, 6.07) is 5.48. The number of sulfonamides is 1. The van der Waals surface area contributed by atoms with Crippen LogP contribution in [0.5, 0.6) is 0 Å². The van der Waals surface area contributed by atoms with E-state index in [4.69, 9.17) is 0 Å². The molecule has 1 aliphatic rings. The Balaban J connectivity index is 2.46. The first kappa shape index (κ1) is 14.4. The summed E-state index contributed by atoms with van der Waals surface area (Å²) >= 11 is 1.41. The molecule has 4 nitrogen and oxygen atoms in total. The van der Waals surface area contributed by atoms with E-state index in [0.29, 0.717) is 10.9 Å². The molecule has 1 N–H and O–H groups in total. The molecule has 0 aliphatic carbocycles. The first-order valence-corrected chi connectivity index (χ1v) is 8.54. The second-order valence-electron chi connectivity index (χ2n) is 5.07. The lowest BCUT2D eigenvalue weighted by molar-refractivity contribution is 0.597. The van der Waals surface area contributed by atoms with Gasteiger partial charge in [0.15, 0.2) is 5.17 Å². The lowest BCUT2D eigenvalue weighted by Gasteiger charge is -2.20. The van der Waals surface area contributed by atoms with Crippen molar-refractivity contribution in [3.8, 4) is 0 Å². The van der Waals surface area contributed by atoms with Crippen molar-refractivity contribution in [1.82, 2.24) is 0 Å². The molecule has 0 aromatic heterocycles. The zero-order valence-corrected chi connectivity index (χ0v) is 13.1. The van der Waals surface area contributed by atoms with Gasteiger partial charge in [0.05, 0.1) is 5.69 Å². The molecule has 0 unspecified atom stereocenters.